The van der Waals surface area contributed by atoms with E-state index in [0.717, 1.165) is 35.8 Å². The summed E-state index contributed by atoms with van der Waals surface area (Å²) in [5, 5.41) is 11.3. The largest absolute Gasteiger partial charge is 0.381 e. The molecule has 3 heterocycles. The number of aromatic amines is 1. The molecule has 0 bridgehead atoms. The van der Waals surface area contributed by atoms with E-state index < -0.39 is 0 Å². The Bertz CT molecular complexity index is 549. The average molecular weight is 262 g/mol. The third-order valence-corrected chi connectivity index (χ3v) is 3.74. The van der Waals surface area contributed by atoms with Crippen LogP contribution in [0.5, 0.6) is 0 Å². The molecule has 0 aliphatic carbocycles. The first-order chi connectivity index (χ1) is 9.16. The van der Waals surface area contributed by atoms with Gasteiger partial charge in [-0.05, 0) is 27.2 Å². The van der Waals surface area contributed by atoms with Crippen LogP contribution < -0.4 is 0 Å². The fourth-order valence-corrected chi connectivity index (χ4v) is 2.65. The van der Waals surface area contributed by atoms with Crippen LogP contribution >= 0.6 is 0 Å². The predicted molar refractivity (Wildman–Crippen MR) is 68.1 cm³/mol. The highest BCUT2D eigenvalue weighted by molar-refractivity contribution is 5.31. The lowest BCUT2D eigenvalue weighted by Gasteiger charge is -2.06. The van der Waals surface area contributed by atoms with Gasteiger partial charge in [0.25, 0.3) is 0 Å². The number of nitrogens with zero attached hydrogens (tertiary/aromatic N) is 3. The van der Waals surface area contributed by atoms with E-state index in [4.69, 9.17) is 9.26 Å². The zero-order chi connectivity index (χ0) is 13.4. The van der Waals surface area contributed by atoms with Crippen LogP contribution in [-0.2, 0) is 4.74 Å². The van der Waals surface area contributed by atoms with Gasteiger partial charge in [-0.25, -0.2) is 0 Å². The number of H-pyrrole nitrogens is 1. The quantitative estimate of drug-likeness (QED) is 0.916. The lowest BCUT2D eigenvalue weighted by atomic mass is 9.99. The van der Waals surface area contributed by atoms with Gasteiger partial charge >= 0.3 is 0 Å². The highest BCUT2D eigenvalue weighted by Crippen LogP contribution is 2.29. The fourth-order valence-electron chi connectivity index (χ4n) is 2.65. The Morgan fingerprint density at radius 2 is 2.21 bits per heavy atom. The molecule has 0 radical (unpaired) electrons. The Labute approximate surface area is 111 Å². The number of aryl methyl sites for hydroxylation is 2. The Balaban J connectivity index is 1.86. The van der Waals surface area contributed by atoms with E-state index in [9.17, 15) is 0 Å². The van der Waals surface area contributed by atoms with Gasteiger partial charge in [-0.1, -0.05) is 5.16 Å². The van der Waals surface area contributed by atoms with Crippen LogP contribution in [0.25, 0.3) is 0 Å². The Hall–Kier alpha value is -1.69. The summed E-state index contributed by atoms with van der Waals surface area (Å²) in [5.74, 6) is 1.74. The normalized spacial score (nSPS) is 20.9. The zero-order valence-electron chi connectivity index (χ0n) is 11.4. The second-order valence-corrected chi connectivity index (χ2v) is 5.12. The first-order valence-corrected chi connectivity index (χ1v) is 6.59. The van der Waals surface area contributed by atoms with Gasteiger partial charge in [-0.3, -0.25) is 5.10 Å². The number of hydrogen-bond donors (Lipinski definition) is 1. The van der Waals surface area contributed by atoms with E-state index in [1.54, 1.807) is 0 Å². The summed E-state index contributed by atoms with van der Waals surface area (Å²) in [6.07, 6.45) is 0.969. The Morgan fingerprint density at radius 3 is 2.84 bits per heavy atom. The maximum atomic E-state index is 5.41. The number of nitrogens with one attached hydrogen (secondary N) is 1. The summed E-state index contributed by atoms with van der Waals surface area (Å²) >= 11 is 0. The molecule has 2 atom stereocenters. The van der Waals surface area contributed by atoms with Crippen molar-refractivity contribution in [2.75, 3.05) is 13.2 Å². The van der Waals surface area contributed by atoms with Gasteiger partial charge in [0.05, 0.1) is 18.2 Å². The van der Waals surface area contributed by atoms with E-state index in [0.29, 0.717) is 12.5 Å². The van der Waals surface area contributed by atoms with Crippen LogP contribution in [0.4, 0.5) is 0 Å². The predicted octanol–water partition coefficient (Wildman–Crippen LogP) is 2.07. The van der Waals surface area contributed by atoms with E-state index in [2.05, 4.69) is 27.3 Å². The van der Waals surface area contributed by atoms with Crippen LogP contribution in [0.2, 0.25) is 0 Å². The fraction of sp³-hybridized carbons (Fsp3) is 0.615. The minimum absolute atomic E-state index is 0.0577. The molecule has 3 rings (SSSR count). The van der Waals surface area contributed by atoms with Crippen molar-refractivity contribution in [2.24, 2.45) is 0 Å². The van der Waals surface area contributed by atoms with E-state index in [1.807, 2.05) is 13.8 Å². The summed E-state index contributed by atoms with van der Waals surface area (Å²) < 4.78 is 10.8. The summed E-state index contributed by atoms with van der Waals surface area (Å²) in [4.78, 5) is 4.53. The van der Waals surface area contributed by atoms with Crippen LogP contribution in [0.15, 0.2) is 4.52 Å². The molecule has 1 fully saturated rings. The second-order valence-electron chi connectivity index (χ2n) is 5.12. The third-order valence-electron chi connectivity index (χ3n) is 3.74. The first kappa shape index (κ1) is 12.3. The molecular formula is C13H18N4O2. The van der Waals surface area contributed by atoms with Crippen molar-refractivity contribution in [1.29, 1.82) is 0 Å². The third kappa shape index (κ3) is 2.16. The van der Waals surface area contributed by atoms with Crippen molar-refractivity contribution < 1.29 is 9.26 Å². The number of rotatable bonds is 3. The topological polar surface area (TPSA) is 76.8 Å². The molecule has 19 heavy (non-hydrogen) atoms. The lowest BCUT2D eigenvalue weighted by Crippen LogP contribution is -2.02. The molecule has 0 amide bonds. The van der Waals surface area contributed by atoms with Crippen molar-refractivity contribution >= 4 is 0 Å². The summed E-state index contributed by atoms with van der Waals surface area (Å²) in [6, 6.07) is 0. The number of ether oxygens (including phenoxy) is 1. The van der Waals surface area contributed by atoms with Gasteiger partial charge in [0.1, 0.15) is 0 Å². The van der Waals surface area contributed by atoms with Gasteiger partial charge in [0.2, 0.25) is 5.89 Å². The van der Waals surface area contributed by atoms with Gasteiger partial charge in [0, 0.05) is 23.8 Å². The molecule has 1 aliphatic heterocycles. The standard InChI is InChI=1S/C13H18N4O2/c1-7(11-8(2)15-16-9(11)3)13-14-12(17-19-13)10-4-5-18-6-10/h7,10H,4-6H2,1-3H3,(H,15,16). The highest BCUT2D eigenvalue weighted by atomic mass is 16.5. The molecule has 2 unspecified atom stereocenters. The van der Waals surface area contributed by atoms with Crippen molar-refractivity contribution in [1.82, 2.24) is 20.3 Å². The molecule has 6 heteroatoms. The van der Waals surface area contributed by atoms with Crippen LogP contribution in [0.3, 0.4) is 0 Å². The molecule has 2 aromatic rings. The molecule has 6 nitrogen and oxygen atoms in total. The second kappa shape index (κ2) is 4.77. The minimum Gasteiger partial charge on any atom is -0.381 e. The lowest BCUT2D eigenvalue weighted by molar-refractivity contribution is 0.192. The Kier molecular flexibility index (Phi) is 3.10. The molecule has 0 spiro atoms. The smallest absolute Gasteiger partial charge is 0.234 e. The van der Waals surface area contributed by atoms with E-state index in [-0.39, 0.29) is 11.8 Å². The van der Waals surface area contributed by atoms with E-state index in [1.165, 1.54) is 0 Å². The SMILES string of the molecule is Cc1n[nH]c(C)c1C(C)c1nc(C2CCOC2)no1. The molecule has 2 aromatic heterocycles. The Morgan fingerprint density at radius 1 is 1.37 bits per heavy atom. The van der Waals surface area contributed by atoms with Gasteiger partial charge in [-0.15, -0.1) is 0 Å². The van der Waals surface area contributed by atoms with Crippen LogP contribution in [0, 0.1) is 13.8 Å². The molecule has 0 aromatic carbocycles. The minimum atomic E-state index is 0.0577. The maximum Gasteiger partial charge on any atom is 0.234 e. The van der Waals surface area contributed by atoms with E-state index >= 15 is 0 Å². The summed E-state index contributed by atoms with van der Waals surface area (Å²) in [5.41, 5.74) is 3.17. The summed E-state index contributed by atoms with van der Waals surface area (Å²) in [6.45, 7) is 7.53. The molecular weight excluding hydrogens is 244 g/mol. The highest BCUT2D eigenvalue weighted by Gasteiger charge is 2.26. The van der Waals surface area contributed by atoms with Gasteiger partial charge in [-0.2, -0.15) is 10.1 Å². The maximum absolute atomic E-state index is 5.41. The number of hydrogen-bond acceptors (Lipinski definition) is 5. The van der Waals surface area contributed by atoms with Gasteiger partial charge < -0.3 is 9.26 Å². The van der Waals surface area contributed by atoms with Crippen LogP contribution in [-0.4, -0.2) is 33.6 Å². The van der Waals surface area contributed by atoms with Crippen molar-refractivity contribution in [3.63, 3.8) is 0 Å². The monoisotopic (exact) mass is 262 g/mol. The van der Waals surface area contributed by atoms with Gasteiger partial charge in [0.15, 0.2) is 5.82 Å². The summed E-state index contributed by atoms with van der Waals surface area (Å²) in [7, 11) is 0. The van der Waals surface area contributed by atoms with Crippen molar-refractivity contribution in [2.45, 2.75) is 39.0 Å². The molecule has 102 valence electrons. The molecule has 0 saturated carbocycles. The first-order valence-electron chi connectivity index (χ1n) is 6.59. The zero-order valence-corrected chi connectivity index (χ0v) is 11.4. The number of aromatic nitrogens is 4. The van der Waals surface area contributed by atoms with Crippen molar-refractivity contribution in [3.8, 4) is 0 Å². The molecule has 1 N–H and O–H groups in total. The van der Waals surface area contributed by atoms with Crippen LogP contribution in [0.1, 0.15) is 53.8 Å². The average Bonchev–Trinajstić information content (AvgIpc) is 3.09. The molecule has 1 aliphatic rings. The van der Waals surface area contributed by atoms with Crippen molar-refractivity contribution in [3.05, 3.63) is 28.7 Å². The molecule has 1 saturated heterocycles.